The average molecular weight is 332 g/mol. The first kappa shape index (κ1) is 13.5. The fourth-order valence-electron chi connectivity index (χ4n) is 2.60. The minimum absolute atomic E-state index is 0.667. The second-order valence-corrected chi connectivity index (χ2v) is 5.89. The fourth-order valence-corrected chi connectivity index (χ4v) is 3.02. The molecule has 0 spiro atoms. The number of para-hydroxylation sites is 1. The van der Waals surface area contributed by atoms with Gasteiger partial charge >= 0.3 is 0 Å². The zero-order valence-corrected chi connectivity index (χ0v) is 12.9. The van der Waals surface area contributed by atoms with Crippen LogP contribution in [0.2, 0.25) is 0 Å². The van der Waals surface area contributed by atoms with Crippen molar-refractivity contribution in [3.8, 4) is 5.75 Å². The van der Waals surface area contributed by atoms with Gasteiger partial charge in [-0.25, -0.2) is 0 Å². The number of rotatable bonds is 5. The molecule has 0 atom stereocenters. The Morgan fingerprint density at radius 3 is 2.80 bits per heavy atom. The lowest BCUT2D eigenvalue weighted by Crippen LogP contribution is -2.11. The molecule has 0 aromatic heterocycles. The zero-order valence-electron chi connectivity index (χ0n) is 11.4. The van der Waals surface area contributed by atoms with Crippen LogP contribution in [-0.4, -0.2) is 13.2 Å². The number of aryl methyl sites for hydroxylation is 2. The lowest BCUT2D eigenvalue weighted by atomic mass is 10.1. The molecule has 0 heterocycles. The Labute approximate surface area is 128 Å². The summed E-state index contributed by atoms with van der Waals surface area (Å²) < 4.78 is 6.90. The number of benzene rings is 2. The highest BCUT2D eigenvalue weighted by Gasteiger charge is 2.10. The molecular weight excluding hydrogens is 314 g/mol. The second kappa shape index (κ2) is 6.31. The fraction of sp³-hybridized carbons (Fsp3) is 0.294. The molecule has 3 heteroatoms. The average Bonchev–Trinajstić information content (AvgIpc) is 2.93. The van der Waals surface area contributed by atoms with Gasteiger partial charge < -0.3 is 10.1 Å². The van der Waals surface area contributed by atoms with Crippen LogP contribution in [0.25, 0.3) is 0 Å². The van der Waals surface area contributed by atoms with E-state index in [1.165, 1.54) is 30.4 Å². The Balaban J connectivity index is 1.49. The van der Waals surface area contributed by atoms with Gasteiger partial charge in [0.25, 0.3) is 0 Å². The summed E-state index contributed by atoms with van der Waals surface area (Å²) in [5.41, 5.74) is 4.05. The van der Waals surface area contributed by atoms with Gasteiger partial charge in [-0.15, -0.1) is 0 Å². The Morgan fingerprint density at radius 2 is 1.90 bits per heavy atom. The van der Waals surface area contributed by atoms with Crippen LogP contribution in [0.4, 0.5) is 5.69 Å². The van der Waals surface area contributed by atoms with Crippen molar-refractivity contribution in [3.63, 3.8) is 0 Å². The Hall–Kier alpha value is -1.48. The summed E-state index contributed by atoms with van der Waals surface area (Å²) in [6.07, 6.45) is 3.70. The lowest BCUT2D eigenvalue weighted by Gasteiger charge is -2.10. The number of hydrogen-bond acceptors (Lipinski definition) is 2. The molecule has 1 aliphatic rings. The number of fused-ring (bicyclic) bond motifs is 1. The van der Waals surface area contributed by atoms with E-state index in [1.54, 1.807) is 0 Å². The lowest BCUT2D eigenvalue weighted by molar-refractivity contribution is 0.332. The Bertz CT molecular complexity index is 597. The minimum Gasteiger partial charge on any atom is -0.492 e. The SMILES string of the molecule is Brc1ccccc1NCCOc1ccc2c(c1)CCC2. The van der Waals surface area contributed by atoms with Gasteiger partial charge in [-0.2, -0.15) is 0 Å². The molecule has 0 fully saturated rings. The number of halogens is 1. The Morgan fingerprint density at radius 1 is 1.05 bits per heavy atom. The van der Waals surface area contributed by atoms with E-state index in [4.69, 9.17) is 4.74 Å². The molecule has 0 saturated heterocycles. The van der Waals surface area contributed by atoms with Crippen LogP contribution in [0.3, 0.4) is 0 Å². The van der Waals surface area contributed by atoms with Crippen LogP contribution in [0.15, 0.2) is 46.9 Å². The molecule has 0 bridgehead atoms. The smallest absolute Gasteiger partial charge is 0.119 e. The summed E-state index contributed by atoms with van der Waals surface area (Å²) in [4.78, 5) is 0. The maximum atomic E-state index is 5.82. The number of anilines is 1. The van der Waals surface area contributed by atoms with Gasteiger partial charge in [-0.05, 0) is 70.6 Å². The van der Waals surface area contributed by atoms with Gasteiger partial charge in [-0.1, -0.05) is 18.2 Å². The molecule has 0 unspecified atom stereocenters. The third-order valence-electron chi connectivity index (χ3n) is 3.63. The van der Waals surface area contributed by atoms with Gasteiger partial charge in [0.1, 0.15) is 12.4 Å². The van der Waals surface area contributed by atoms with E-state index in [-0.39, 0.29) is 0 Å². The molecular formula is C17H18BrNO. The van der Waals surface area contributed by atoms with E-state index in [2.05, 4.69) is 45.5 Å². The molecule has 2 aromatic carbocycles. The molecule has 0 amide bonds. The quantitative estimate of drug-likeness (QED) is 0.818. The highest BCUT2D eigenvalue weighted by atomic mass is 79.9. The first-order valence-electron chi connectivity index (χ1n) is 7.06. The predicted octanol–water partition coefficient (Wildman–Crippen LogP) is 4.43. The largest absolute Gasteiger partial charge is 0.492 e. The first-order chi connectivity index (χ1) is 9.83. The summed E-state index contributed by atoms with van der Waals surface area (Å²) in [6.45, 7) is 1.46. The minimum atomic E-state index is 0.667. The highest BCUT2D eigenvalue weighted by Crippen LogP contribution is 2.26. The maximum Gasteiger partial charge on any atom is 0.119 e. The summed E-state index contributed by atoms with van der Waals surface area (Å²) in [6, 6.07) is 14.6. The van der Waals surface area contributed by atoms with Crippen molar-refractivity contribution in [2.24, 2.45) is 0 Å². The van der Waals surface area contributed by atoms with E-state index in [1.807, 2.05) is 18.2 Å². The van der Waals surface area contributed by atoms with Crippen molar-refractivity contribution in [1.82, 2.24) is 0 Å². The molecule has 0 saturated carbocycles. The van der Waals surface area contributed by atoms with E-state index in [0.29, 0.717) is 6.61 Å². The van der Waals surface area contributed by atoms with Crippen LogP contribution in [0, 0.1) is 0 Å². The van der Waals surface area contributed by atoms with Crippen LogP contribution in [0.1, 0.15) is 17.5 Å². The monoisotopic (exact) mass is 331 g/mol. The van der Waals surface area contributed by atoms with Crippen molar-refractivity contribution in [3.05, 3.63) is 58.1 Å². The van der Waals surface area contributed by atoms with E-state index < -0.39 is 0 Å². The van der Waals surface area contributed by atoms with Crippen molar-refractivity contribution in [2.75, 3.05) is 18.5 Å². The van der Waals surface area contributed by atoms with Crippen LogP contribution >= 0.6 is 15.9 Å². The molecule has 20 heavy (non-hydrogen) atoms. The predicted molar refractivity (Wildman–Crippen MR) is 86.6 cm³/mol. The van der Waals surface area contributed by atoms with Crippen LogP contribution in [0.5, 0.6) is 5.75 Å². The van der Waals surface area contributed by atoms with Crippen molar-refractivity contribution in [1.29, 1.82) is 0 Å². The van der Waals surface area contributed by atoms with Gasteiger partial charge in [0.15, 0.2) is 0 Å². The molecule has 0 radical (unpaired) electrons. The van der Waals surface area contributed by atoms with Crippen LogP contribution in [-0.2, 0) is 12.8 Å². The van der Waals surface area contributed by atoms with Crippen molar-refractivity contribution in [2.45, 2.75) is 19.3 Å². The normalized spacial score (nSPS) is 13.1. The van der Waals surface area contributed by atoms with Crippen molar-refractivity contribution >= 4 is 21.6 Å². The third kappa shape index (κ3) is 3.15. The van der Waals surface area contributed by atoms with Gasteiger partial charge in [0.2, 0.25) is 0 Å². The number of nitrogens with one attached hydrogen (secondary N) is 1. The summed E-state index contributed by atoms with van der Waals surface area (Å²) in [5, 5.41) is 3.36. The van der Waals surface area contributed by atoms with E-state index in [9.17, 15) is 0 Å². The Kier molecular flexibility index (Phi) is 4.26. The van der Waals surface area contributed by atoms with E-state index in [0.717, 1.165) is 22.5 Å². The summed E-state index contributed by atoms with van der Waals surface area (Å²) in [5.74, 6) is 0.986. The van der Waals surface area contributed by atoms with Crippen molar-refractivity contribution < 1.29 is 4.74 Å². The topological polar surface area (TPSA) is 21.3 Å². The first-order valence-corrected chi connectivity index (χ1v) is 7.85. The standard InChI is InChI=1S/C17H18BrNO/c18-16-6-1-2-7-17(16)19-10-11-20-15-9-8-13-4-3-5-14(13)12-15/h1-2,6-9,12,19H,3-5,10-11H2. The maximum absolute atomic E-state index is 5.82. The molecule has 1 N–H and O–H groups in total. The van der Waals surface area contributed by atoms with Gasteiger partial charge in [0, 0.05) is 16.7 Å². The van der Waals surface area contributed by atoms with Gasteiger partial charge in [0.05, 0.1) is 0 Å². The second-order valence-electron chi connectivity index (χ2n) is 5.04. The van der Waals surface area contributed by atoms with Crippen LogP contribution < -0.4 is 10.1 Å². The molecule has 104 valence electrons. The molecule has 1 aliphatic carbocycles. The molecule has 2 nitrogen and oxygen atoms in total. The highest BCUT2D eigenvalue weighted by molar-refractivity contribution is 9.10. The third-order valence-corrected chi connectivity index (χ3v) is 4.32. The zero-order chi connectivity index (χ0) is 13.8. The van der Waals surface area contributed by atoms with Gasteiger partial charge in [-0.3, -0.25) is 0 Å². The summed E-state index contributed by atoms with van der Waals surface area (Å²) in [7, 11) is 0. The molecule has 3 rings (SSSR count). The number of hydrogen-bond donors (Lipinski definition) is 1. The summed E-state index contributed by atoms with van der Waals surface area (Å²) >= 11 is 3.52. The number of ether oxygens (including phenoxy) is 1. The molecule has 2 aromatic rings. The molecule has 0 aliphatic heterocycles. The van der Waals surface area contributed by atoms with E-state index >= 15 is 0 Å².